The Hall–Kier alpha value is -3.93. The summed E-state index contributed by atoms with van der Waals surface area (Å²) in [6.07, 6.45) is 0.383. The summed E-state index contributed by atoms with van der Waals surface area (Å²) in [6.45, 7) is 1.78. The van der Waals surface area contributed by atoms with Gasteiger partial charge in [0.25, 0.3) is 5.91 Å². The van der Waals surface area contributed by atoms with E-state index in [2.05, 4.69) is 15.2 Å². The van der Waals surface area contributed by atoms with Gasteiger partial charge in [-0.05, 0) is 54.6 Å². The fraction of sp³-hybridized carbons (Fsp3) is 0.125. The Labute approximate surface area is 174 Å². The molecule has 0 bridgehead atoms. The van der Waals surface area contributed by atoms with E-state index in [9.17, 15) is 9.59 Å². The number of nitrogens with one attached hydrogen (secondary N) is 2. The maximum atomic E-state index is 12.6. The molecule has 2 N–H and O–H groups in total. The first-order chi connectivity index (χ1) is 14.5. The molecule has 4 aromatic rings. The molecule has 150 valence electrons. The zero-order valence-electron chi connectivity index (χ0n) is 16.8. The van der Waals surface area contributed by atoms with Crippen LogP contribution in [0.15, 0.2) is 72.8 Å². The predicted molar refractivity (Wildman–Crippen MR) is 119 cm³/mol. The number of fused-ring (bicyclic) bond motifs is 1. The SMILES string of the molecule is CCC(=O)Nc1cccc(C(=O)Nc2ccc(-c3nc4ccccc4n3C)cc2)c1. The predicted octanol–water partition coefficient (Wildman–Crippen LogP) is 4.84. The zero-order valence-corrected chi connectivity index (χ0v) is 16.8. The van der Waals surface area contributed by atoms with Gasteiger partial charge in [0.2, 0.25) is 5.91 Å². The molecule has 6 heteroatoms. The third-order valence-corrected chi connectivity index (χ3v) is 4.92. The average Bonchev–Trinajstić information content (AvgIpc) is 3.11. The van der Waals surface area contributed by atoms with Gasteiger partial charge in [0.1, 0.15) is 5.82 Å². The van der Waals surface area contributed by atoms with Gasteiger partial charge in [-0.2, -0.15) is 0 Å². The molecule has 0 saturated carbocycles. The Morgan fingerprint density at radius 1 is 0.900 bits per heavy atom. The Bertz CT molecular complexity index is 1230. The summed E-state index contributed by atoms with van der Waals surface area (Å²) in [6, 6.07) is 22.5. The molecule has 30 heavy (non-hydrogen) atoms. The number of hydrogen-bond donors (Lipinski definition) is 2. The summed E-state index contributed by atoms with van der Waals surface area (Å²) >= 11 is 0. The molecule has 0 saturated heterocycles. The van der Waals surface area contributed by atoms with Crippen LogP contribution in [0.2, 0.25) is 0 Å². The van der Waals surface area contributed by atoms with Crippen LogP contribution in [0.5, 0.6) is 0 Å². The molecule has 0 aliphatic heterocycles. The van der Waals surface area contributed by atoms with E-state index in [0.29, 0.717) is 23.4 Å². The van der Waals surface area contributed by atoms with Gasteiger partial charge in [0, 0.05) is 36.0 Å². The van der Waals surface area contributed by atoms with Crippen LogP contribution in [-0.2, 0) is 11.8 Å². The van der Waals surface area contributed by atoms with Crippen LogP contribution in [0, 0.1) is 0 Å². The van der Waals surface area contributed by atoms with E-state index in [1.807, 2.05) is 55.6 Å². The highest BCUT2D eigenvalue weighted by Crippen LogP contribution is 2.25. The van der Waals surface area contributed by atoms with Crippen molar-refractivity contribution in [2.75, 3.05) is 10.6 Å². The van der Waals surface area contributed by atoms with Gasteiger partial charge in [-0.25, -0.2) is 4.98 Å². The molecule has 1 aromatic heterocycles. The van der Waals surface area contributed by atoms with Crippen molar-refractivity contribution in [2.45, 2.75) is 13.3 Å². The first-order valence-corrected chi connectivity index (χ1v) is 9.78. The first kappa shape index (κ1) is 19.4. The molecule has 0 fully saturated rings. The maximum absolute atomic E-state index is 12.6. The minimum Gasteiger partial charge on any atom is -0.327 e. The minimum atomic E-state index is -0.238. The second-order valence-electron chi connectivity index (χ2n) is 7.00. The van der Waals surface area contributed by atoms with E-state index in [0.717, 1.165) is 22.4 Å². The summed E-state index contributed by atoms with van der Waals surface area (Å²) in [4.78, 5) is 28.9. The number of rotatable bonds is 5. The third kappa shape index (κ3) is 3.93. The van der Waals surface area contributed by atoms with E-state index in [-0.39, 0.29) is 11.8 Å². The molecule has 1 heterocycles. The van der Waals surface area contributed by atoms with Crippen molar-refractivity contribution in [3.63, 3.8) is 0 Å². The number of aromatic nitrogens is 2. The van der Waals surface area contributed by atoms with Gasteiger partial charge in [-0.15, -0.1) is 0 Å². The third-order valence-electron chi connectivity index (χ3n) is 4.92. The number of carbonyl (C=O) groups is 2. The van der Waals surface area contributed by atoms with Crippen molar-refractivity contribution in [1.82, 2.24) is 9.55 Å². The number of carbonyl (C=O) groups excluding carboxylic acids is 2. The molecule has 6 nitrogen and oxygen atoms in total. The highest BCUT2D eigenvalue weighted by molar-refractivity contribution is 6.05. The van der Waals surface area contributed by atoms with Crippen LogP contribution in [0.25, 0.3) is 22.4 Å². The standard InChI is InChI=1S/C24H22N4O2/c1-3-22(29)25-19-8-6-7-17(15-19)24(30)26-18-13-11-16(12-14-18)23-27-20-9-4-5-10-21(20)28(23)2/h4-15H,3H2,1-2H3,(H,25,29)(H,26,30). The molecule has 0 spiro atoms. The lowest BCUT2D eigenvalue weighted by molar-refractivity contribution is -0.115. The van der Waals surface area contributed by atoms with Crippen molar-refractivity contribution < 1.29 is 9.59 Å². The molecule has 0 aliphatic carbocycles. The van der Waals surface area contributed by atoms with E-state index >= 15 is 0 Å². The molecular weight excluding hydrogens is 376 g/mol. The Kier molecular flexibility index (Phi) is 5.30. The number of imidazole rings is 1. The van der Waals surface area contributed by atoms with Crippen LogP contribution in [0.1, 0.15) is 23.7 Å². The second-order valence-corrected chi connectivity index (χ2v) is 7.00. The molecule has 0 radical (unpaired) electrons. The van der Waals surface area contributed by atoms with Gasteiger partial charge in [0.15, 0.2) is 0 Å². The smallest absolute Gasteiger partial charge is 0.255 e. The van der Waals surface area contributed by atoms with Crippen molar-refractivity contribution in [3.05, 3.63) is 78.4 Å². The quantitative estimate of drug-likeness (QED) is 0.505. The Morgan fingerprint density at radius 2 is 1.67 bits per heavy atom. The van der Waals surface area contributed by atoms with Crippen LogP contribution < -0.4 is 10.6 Å². The van der Waals surface area contributed by atoms with Crippen LogP contribution in [-0.4, -0.2) is 21.4 Å². The number of para-hydroxylation sites is 2. The monoisotopic (exact) mass is 398 g/mol. The van der Waals surface area contributed by atoms with E-state index < -0.39 is 0 Å². The zero-order chi connectivity index (χ0) is 21.1. The summed E-state index contributed by atoms with van der Waals surface area (Å²) in [7, 11) is 1.99. The molecule has 0 atom stereocenters. The summed E-state index contributed by atoms with van der Waals surface area (Å²) in [5.41, 5.74) is 4.75. The topological polar surface area (TPSA) is 76.0 Å². The summed E-state index contributed by atoms with van der Waals surface area (Å²) < 4.78 is 2.05. The molecule has 0 unspecified atom stereocenters. The average molecular weight is 398 g/mol. The van der Waals surface area contributed by atoms with Gasteiger partial charge >= 0.3 is 0 Å². The van der Waals surface area contributed by atoms with Crippen LogP contribution in [0.3, 0.4) is 0 Å². The number of aryl methyl sites for hydroxylation is 1. The van der Waals surface area contributed by atoms with E-state index in [1.165, 1.54) is 0 Å². The van der Waals surface area contributed by atoms with Gasteiger partial charge in [-0.3, -0.25) is 9.59 Å². The molecule has 4 rings (SSSR count). The maximum Gasteiger partial charge on any atom is 0.255 e. The van der Waals surface area contributed by atoms with Crippen molar-refractivity contribution in [1.29, 1.82) is 0 Å². The second kappa shape index (κ2) is 8.21. The number of benzene rings is 3. The van der Waals surface area contributed by atoms with Crippen molar-refractivity contribution in [2.24, 2.45) is 7.05 Å². The van der Waals surface area contributed by atoms with Gasteiger partial charge in [-0.1, -0.05) is 25.1 Å². The highest BCUT2D eigenvalue weighted by Gasteiger charge is 2.11. The van der Waals surface area contributed by atoms with Crippen molar-refractivity contribution >= 4 is 34.2 Å². The van der Waals surface area contributed by atoms with Gasteiger partial charge in [0.05, 0.1) is 11.0 Å². The normalized spacial score (nSPS) is 10.7. The molecule has 3 aromatic carbocycles. The first-order valence-electron chi connectivity index (χ1n) is 9.78. The minimum absolute atomic E-state index is 0.0925. The van der Waals surface area contributed by atoms with Gasteiger partial charge < -0.3 is 15.2 Å². The lowest BCUT2D eigenvalue weighted by Gasteiger charge is -2.09. The lowest BCUT2D eigenvalue weighted by atomic mass is 10.1. The lowest BCUT2D eigenvalue weighted by Crippen LogP contribution is -2.13. The summed E-state index contributed by atoms with van der Waals surface area (Å²) in [5, 5.41) is 5.66. The van der Waals surface area contributed by atoms with Crippen LogP contribution >= 0.6 is 0 Å². The highest BCUT2D eigenvalue weighted by atomic mass is 16.2. The Morgan fingerprint density at radius 3 is 2.40 bits per heavy atom. The van der Waals surface area contributed by atoms with Crippen molar-refractivity contribution in [3.8, 4) is 11.4 Å². The Balaban J connectivity index is 1.51. The summed E-state index contributed by atoms with van der Waals surface area (Å²) in [5.74, 6) is 0.539. The fourth-order valence-electron chi connectivity index (χ4n) is 3.30. The van der Waals surface area contributed by atoms with E-state index in [4.69, 9.17) is 4.98 Å². The number of anilines is 2. The number of amides is 2. The van der Waals surface area contributed by atoms with Crippen LogP contribution in [0.4, 0.5) is 11.4 Å². The molecule has 2 amide bonds. The molecular formula is C24H22N4O2. The van der Waals surface area contributed by atoms with E-state index in [1.54, 1.807) is 31.2 Å². The largest absolute Gasteiger partial charge is 0.327 e. The number of nitrogens with zero attached hydrogens (tertiary/aromatic N) is 2. The number of hydrogen-bond acceptors (Lipinski definition) is 3. The fourth-order valence-corrected chi connectivity index (χ4v) is 3.30. The molecule has 0 aliphatic rings.